The van der Waals surface area contributed by atoms with E-state index >= 15 is 0 Å². The van der Waals surface area contributed by atoms with Crippen molar-refractivity contribution in [3.63, 3.8) is 0 Å². The molecule has 5 rings (SSSR count). The summed E-state index contributed by atoms with van der Waals surface area (Å²) in [6.45, 7) is 3.73. The number of benzene rings is 2. The lowest BCUT2D eigenvalue weighted by Crippen LogP contribution is -2.56. The van der Waals surface area contributed by atoms with Gasteiger partial charge in [0.25, 0.3) is 0 Å². The van der Waals surface area contributed by atoms with Gasteiger partial charge in [-0.3, -0.25) is 19.2 Å². The van der Waals surface area contributed by atoms with Crippen LogP contribution in [0.4, 0.5) is 11.4 Å². The fourth-order valence-electron chi connectivity index (χ4n) is 4.44. The summed E-state index contributed by atoms with van der Waals surface area (Å²) in [5.74, 6) is -0.620. The van der Waals surface area contributed by atoms with Crippen LogP contribution in [0.5, 0.6) is 11.5 Å². The summed E-state index contributed by atoms with van der Waals surface area (Å²) >= 11 is 0. The molecule has 0 bridgehead atoms. The molecule has 2 aromatic carbocycles. The molecule has 170 valence electrons. The maximum absolute atomic E-state index is 12.8. The van der Waals surface area contributed by atoms with Gasteiger partial charge in [-0.25, -0.2) is 0 Å². The van der Waals surface area contributed by atoms with Gasteiger partial charge in [0.2, 0.25) is 0 Å². The molecule has 2 amide bonds. The van der Waals surface area contributed by atoms with Gasteiger partial charge >= 0.3 is 17.8 Å². The second-order valence-electron chi connectivity index (χ2n) is 8.42. The maximum atomic E-state index is 12.8. The molecule has 1 atom stereocenters. The number of carbonyl (C=O) groups excluding carboxylic acids is 4. The number of nitrogens with one attached hydrogen (secondary N) is 1. The largest absolute Gasteiger partial charge is 0.492 e. The van der Waals surface area contributed by atoms with E-state index in [2.05, 4.69) is 10.2 Å². The van der Waals surface area contributed by atoms with Gasteiger partial charge in [-0.15, -0.1) is 0 Å². The first kappa shape index (κ1) is 21.0. The zero-order valence-electron chi connectivity index (χ0n) is 18.1. The van der Waals surface area contributed by atoms with Gasteiger partial charge < -0.3 is 24.6 Å². The summed E-state index contributed by atoms with van der Waals surface area (Å²) < 4.78 is 10.6. The molecule has 9 heteroatoms. The summed E-state index contributed by atoms with van der Waals surface area (Å²) in [5.41, 5.74) is 2.63. The van der Waals surface area contributed by atoms with Gasteiger partial charge in [0, 0.05) is 55.1 Å². The van der Waals surface area contributed by atoms with Crippen molar-refractivity contribution in [2.45, 2.75) is 25.8 Å². The molecule has 3 heterocycles. The quantitative estimate of drug-likeness (QED) is 0.423. The van der Waals surface area contributed by atoms with Gasteiger partial charge in [-0.05, 0) is 31.2 Å². The lowest BCUT2D eigenvalue weighted by Gasteiger charge is -2.40. The number of ketones is 1. The Kier molecular flexibility index (Phi) is 5.24. The third-order valence-corrected chi connectivity index (χ3v) is 6.18. The molecule has 0 saturated carbocycles. The monoisotopic (exact) mass is 449 g/mol. The predicted octanol–water partition coefficient (Wildman–Crippen LogP) is 1.79. The van der Waals surface area contributed by atoms with Crippen LogP contribution in [0.15, 0.2) is 36.4 Å². The molecule has 0 aliphatic carbocycles. The van der Waals surface area contributed by atoms with E-state index in [1.54, 1.807) is 23.1 Å². The van der Waals surface area contributed by atoms with Gasteiger partial charge in [0.1, 0.15) is 11.5 Å². The van der Waals surface area contributed by atoms with Crippen molar-refractivity contribution in [2.75, 3.05) is 36.5 Å². The molecule has 3 aliphatic rings. The fraction of sp³-hybridized carbons (Fsp3) is 0.333. The van der Waals surface area contributed by atoms with E-state index in [-0.39, 0.29) is 24.2 Å². The van der Waals surface area contributed by atoms with E-state index < -0.39 is 11.8 Å². The molecule has 0 aromatic heterocycles. The number of amides is 2. The van der Waals surface area contributed by atoms with Crippen molar-refractivity contribution in [1.29, 1.82) is 0 Å². The zero-order chi connectivity index (χ0) is 23.1. The Morgan fingerprint density at radius 2 is 1.91 bits per heavy atom. The Morgan fingerprint density at radius 1 is 1.06 bits per heavy atom. The molecule has 0 unspecified atom stereocenters. The smallest absolute Gasteiger partial charge is 0.315 e. The van der Waals surface area contributed by atoms with Gasteiger partial charge in [-0.2, -0.15) is 0 Å². The van der Waals surface area contributed by atoms with Crippen molar-refractivity contribution in [3.8, 4) is 11.5 Å². The van der Waals surface area contributed by atoms with Crippen LogP contribution in [0.25, 0.3) is 0 Å². The number of ether oxygens (including phenoxy) is 2. The highest BCUT2D eigenvalue weighted by atomic mass is 16.5. The van der Waals surface area contributed by atoms with Crippen LogP contribution in [0.1, 0.15) is 29.3 Å². The topological polar surface area (TPSA) is 105 Å². The van der Waals surface area contributed by atoms with Crippen molar-refractivity contribution in [1.82, 2.24) is 4.90 Å². The van der Waals surface area contributed by atoms with Crippen LogP contribution in [0.3, 0.4) is 0 Å². The highest BCUT2D eigenvalue weighted by Gasteiger charge is 2.32. The number of carbonyl (C=O) groups is 4. The molecule has 3 aliphatic heterocycles. The predicted molar refractivity (Wildman–Crippen MR) is 119 cm³/mol. The Hall–Kier alpha value is -3.88. The van der Waals surface area contributed by atoms with E-state index in [1.165, 1.54) is 0 Å². The summed E-state index contributed by atoms with van der Waals surface area (Å²) in [7, 11) is 0. The molecule has 9 nitrogen and oxygen atoms in total. The first-order chi connectivity index (χ1) is 15.9. The number of fused-ring (bicyclic) bond motifs is 2. The fourth-order valence-corrected chi connectivity index (χ4v) is 4.44. The molecule has 0 spiro atoms. The standard InChI is InChI=1S/C24H23N3O6/c1-14-13-26(17-4-5-20-18(12-17)19(28)6-9-32-20)7-8-27(14)24(31)23(30)25-16-3-2-15-10-22(29)33-21(15)11-16/h2-5,11-12,14H,6-10,13H2,1H3,(H,25,30)/t14-/m1/s1. The normalized spacial score (nSPS) is 19.4. The maximum Gasteiger partial charge on any atom is 0.315 e. The van der Waals surface area contributed by atoms with Crippen molar-refractivity contribution >= 4 is 34.9 Å². The molecular weight excluding hydrogens is 426 g/mol. The van der Waals surface area contributed by atoms with E-state index in [1.807, 2.05) is 25.1 Å². The molecular formula is C24H23N3O6. The number of hydrogen-bond donors (Lipinski definition) is 1. The Labute approximate surface area is 190 Å². The average Bonchev–Trinajstić information content (AvgIpc) is 3.18. The zero-order valence-corrected chi connectivity index (χ0v) is 18.1. The molecule has 1 N–H and O–H groups in total. The van der Waals surface area contributed by atoms with Gasteiger partial charge in [0.05, 0.1) is 18.6 Å². The average molecular weight is 449 g/mol. The number of Topliss-reactive ketones (excluding diaryl/α,β-unsaturated/α-hetero) is 1. The molecule has 0 radical (unpaired) electrons. The van der Waals surface area contributed by atoms with Crippen LogP contribution in [0, 0.1) is 0 Å². The lowest BCUT2D eigenvalue weighted by atomic mass is 10.0. The second kappa shape index (κ2) is 8.23. The Morgan fingerprint density at radius 3 is 2.73 bits per heavy atom. The first-order valence-electron chi connectivity index (χ1n) is 10.9. The minimum absolute atomic E-state index is 0.0676. The molecule has 1 saturated heterocycles. The number of hydrogen-bond acceptors (Lipinski definition) is 7. The highest BCUT2D eigenvalue weighted by Crippen LogP contribution is 2.31. The Bertz CT molecular complexity index is 1180. The van der Waals surface area contributed by atoms with Crippen LogP contribution in [0.2, 0.25) is 0 Å². The van der Waals surface area contributed by atoms with E-state index in [0.717, 1.165) is 11.3 Å². The number of anilines is 2. The highest BCUT2D eigenvalue weighted by molar-refractivity contribution is 6.39. The van der Waals surface area contributed by atoms with E-state index in [9.17, 15) is 19.2 Å². The second-order valence-corrected chi connectivity index (χ2v) is 8.42. The van der Waals surface area contributed by atoms with Crippen LogP contribution >= 0.6 is 0 Å². The van der Waals surface area contributed by atoms with Crippen molar-refractivity contribution < 1.29 is 28.7 Å². The van der Waals surface area contributed by atoms with Crippen molar-refractivity contribution in [2.24, 2.45) is 0 Å². The summed E-state index contributed by atoms with van der Waals surface area (Å²) in [4.78, 5) is 52.7. The molecule has 2 aromatic rings. The van der Waals surface area contributed by atoms with Crippen LogP contribution < -0.4 is 19.7 Å². The summed E-state index contributed by atoms with van der Waals surface area (Å²) in [6.07, 6.45) is 0.576. The third kappa shape index (κ3) is 4.02. The van der Waals surface area contributed by atoms with Gasteiger partial charge in [-0.1, -0.05) is 6.07 Å². The van der Waals surface area contributed by atoms with Crippen LogP contribution in [-0.4, -0.2) is 60.7 Å². The van der Waals surface area contributed by atoms with Crippen LogP contribution in [-0.2, 0) is 20.8 Å². The number of piperazine rings is 1. The first-order valence-corrected chi connectivity index (χ1v) is 10.9. The van der Waals surface area contributed by atoms with Crippen molar-refractivity contribution in [3.05, 3.63) is 47.5 Å². The number of esters is 1. The molecule has 33 heavy (non-hydrogen) atoms. The number of rotatable bonds is 2. The number of nitrogens with zero attached hydrogens (tertiary/aromatic N) is 2. The third-order valence-electron chi connectivity index (χ3n) is 6.18. The van der Waals surface area contributed by atoms with E-state index in [0.29, 0.717) is 55.4 Å². The summed E-state index contributed by atoms with van der Waals surface area (Å²) in [6, 6.07) is 10.3. The summed E-state index contributed by atoms with van der Waals surface area (Å²) in [5, 5.41) is 2.60. The molecule has 1 fully saturated rings. The minimum Gasteiger partial charge on any atom is -0.492 e. The van der Waals surface area contributed by atoms with E-state index in [4.69, 9.17) is 9.47 Å². The van der Waals surface area contributed by atoms with Gasteiger partial charge in [0.15, 0.2) is 5.78 Å². The minimum atomic E-state index is -0.740. The Balaban J connectivity index is 1.23. The lowest BCUT2D eigenvalue weighted by molar-refractivity contribution is -0.144. The SMILES string of the molecule is C[C@@H]1CN(c2ccc3c(c2)C(=O)CCO3)CCN1C(=O)C(=O)Nc1ccc2c(c1)OC(=O)C2.